The third-order valence-corrected chi connectivity index (χ3v) is 4.03. The SMILES string of the molecule is CCCOCCCCOCCCN=C(N)NC(N)=NCCCCCCN=C(N)N=C(N)N. The minimum absolute atomic E-state index is 0.0925. The van der Waals surface area contributed by atoms with E-state index in [1.807, 2.05) is 0 Å². The van der Waals surface area contributed by atoms with E-state index in [0.29, 0.717) is 26.2 Å². The molecule has 0 saturated heterocycles. The van der Waals surface area contributed by atoms with Crippen LogP contribution in [0.4, 0.5) is 0 Å². The minimum atomic E-state index is -0.0925. The van der Waals surface area contributed by atoms with Crippen LogP contribution >= 0.6 is 0 Å². The molecule has 0 fully saturated rings. The maximum atomic E-state index is 5.82. The van der Waals surface area contributed by atoms with E-state index in [1.54, 1.807) is 0 Å². The third-order valence-electron chi connectivity index (χ3n) is 4.03. The Balaban J connectivity index is 3.65. The van der Waals surface area contributed by atoms with Gasteiger partial charge in [0.05, 0.1) is 0 Å². The van der Waals surface area contributed by atoms with Crippen LogP contribution in [0.5, 0.6) is 0 Å². The first-order valence-electron chi connectivity index (χ1n) is 11.4. The third kappa shape index (κ3) is 22.1. The van der Waals surface area contributed by atoms with Gasteiger partial charge in [0, 0.05) is 46.1 Å². The van der Waals surface area contributed by atoms with Crippen molar-refractivity contribution < 1.29 is 9.47 Å². The summed E-state index contributed by atoms with van der Waals surface area (Å²) in [6.45, 7) is 6.91. The average molecular weight is 457 g/mol. The number of rotatable bonds is 18. The lowest BCUT2D eigenvalue weighted by Crippen LogP contribution is -2.41. The van der Waals surface area contributed by atoms with Gasteiger partial charge in [-0.25, -0.2) is 0 Å². The Hall–Kier alpha value is -2.60. The number of hydrogen-bond acceptors (Lipinski definition) is 5. The van der Waals surface area contributed by atoms with E-state index in [2.05, 4.69) is 32.2 Å². The molecule has 11 N–H and O–H groups in total. The second-order valence-electron chi connectivity index (χ2n) is 7.14. The first-order chi connectivity index (χ1) is 15.5. The molecule has 0 aromatic carbocycles. The van der Waals surface area contributed by atoms with Crippen molar-refractivity contribution in [1.82, 2.24) is 5.32 Å². The minimum Gasteiger partial charge on any atom is -0.381 e. The Morgan fingerprint density at radius 3 is 1.69 bits per heavy atom. The maximum absolute atomic E-state index is 5.82. The fourth-order valence-corrected chi connectivity index (χ4v) is 2.47. The molecular formula is C20H44N10O2. The molecule has 0 aliphatic rings. The van der Waals surface area contributed by atoms with Gasteiger partial charge in [-0.05, 0) is 38.5 Å². The highest BCUT2D eigenvalue weighted by Crippen LogP contribution is 2.00. The summed E-state index contributed by atoms with van der Waals surface area (Å²) in [7, 11) is 0. The van der Waals surface area contributed by atoms with Gasteiger partial charge in [0.2, 0.25) is 5.96 Å². The molecule has 0 bridgehead atoms. The summed E-state index contributed by atoms with van der Waals surface area (Å²) in [6, 6.07) is 0. The number of hydrogen-bond donors (Lipinski definition) is 6. The summed E-state index contributed by atoms with van der Waals surface area (Å²) in [5.74, 6) is 0.534. The molecule has 0 spiro atoms. The summed E-state index contributed by atoms with van der Waals surface area (Å²) in [4.78, 5) is 16.2. The lowest BCUT2D eigenvalue weighted by molar-refractivity contribution is 0.103. The molecule has 0 aliphatic heterocycles. The molecule has 0 heterocycles. The number of unbranched alkanes of at least 4 members (excludes halogenated alkanes) is 4. The Labute approximate surface area is 192 Å². The van der Waals surface area contributed by atoms with Gasteiger partial charge in [0.25, 0.3) is 0 Å². The quantitative estimate of drug-likeness (QED) is 0.0933. The highest BCUT2D eigenvalue weighted by atomic mass is 16.5. The number of ether oxygens (including phenoxy) is 2. The Kier molecular flexibility index (Phi) is 19.9. The zero-order valence-corrected chi connectivity index (χ0v) is 19.6. The van der Waals surface area contributed by atoms with Crippen molar-refractivity contribution in [3.05, 3.63) is 0 Å². The molecule has 0 saturated carbocycles. The summed E-state index contributed by atoms with van der Waals surface area (Å²) >= 11 is 0. The van der Waals surface area contributed by atoms with Gasteiger partial charge < -0.3 is 38.1 Å². The molecule has 0 unspecified atom stereocenters. The van der Waals surface area contributed by atoms with Crippen molar-refractivity contribution in [1.29, 1.82) is 0 Å². The van der Waals surface area contributed by atoms with Gasteiger partial charge in [-0.2, -0.15) is 4.99 Å². The average Bonchev–Trinajstić information content (AvgIpc) is 2.73. The molecule has 12 nitrogen and oxygen atoms in total. The van der Waals surface area contributed by atoms with Crippen LogP contribution in [-0.2, 0) is 9.47 Å². The summed E-state index contributed by atoms with van der Waals surface area (Å²) in [5.41, 5.74) is 27.6. The van der Waals surface area contributed by atoms with Crippen molar-refractivity contribution in [3.8, 4) is 0 Å². The number of nitrogens with two attached hydrogens (primary N) is 5. The van der Waals surface area contributed by atoms with Crippen LogP contribution < -0.4 is 34.0 Å². The fourth-order valence-electron chi connectivity index (χ4n) is 2.47. The molecule has 0 atom stereocenters. The van der Waals surface area contributed by atoms with Crippen molar-refractivity contribution in [2.24, 2.45) is 48.6 Å². The number of nitrogens with one attached hydrogen (secondary N) is 1. The Morgan fingerprint density at radius 2 is 1.12 bits per heavy atom. The van der Waals surface area contributed by atoms with Crippen molar-refractivity contribution in [2.45, 2.75) is 58.3 Å². The molecule has 0 aromatic heterocycles. The van der Waals surface area contributed by atoms with Crippen molar-refractivity contribution in [3.63, 3.8) is 0 Å². The molecule has 186 valence electrons. The van der Waals surface area contributed by atoms with Crippen molar-refractivity contribution >= 4 is 23.8 Å². The summed E-state index contributed by atoms with van der Waals surface area (Å²) in [5, 5.41) is 2.79. The highest BCUT2D eigenvalue weighted by Gasteiger charge is 1.97. The Bertz CT molecular complexity index is 575. The van der Waals surface area contributed by atoms with Crippen LogP contribution in [0.2, 0.25) is 0 Å². The zero-order valence-electron chi connectivity index (χ0n) is 19.6. The summed E-state index contributed by atoms with van der Waals surface area (Å²) in [6.07, 6.45) is 7.70. The van der Waals surface area contributed by atoms with E-state index in [-0.39, 0.29) is 23.8 Å². The monoisotopic (exact) mass is 456 g/mol. The van der Waals surface area contributed by atoms with Crippen LogP contribution in [-0.4, -0.2) is 69.9 Å². The van der Waals surface area contributed by atoms with Gasteiger partial charge in [-0.15, -0.1) is 0 Å². The van der Waals surface area contributed by atoms with Crippen LogP contribution in [0.3, 0.4) is 0 Å². The maximum Gasteiger partial charge on any atom is 0.218 e. The van der Waals surface area contributed by atoms with E-state index in [9.17, 15) is 0 Å². The van der Waals surface area contributed by atoms with E-state index >= 15 is 0 Å². The largest absolute Gasteiger partial charge is 0.381 e. The molecule has 0 radical (unpaired) electrons. The topological polar surface area (TPSA) is 210 Å². The zero-order chi connectivity index (χ0) is 23.9. The van der Waals surface area contributed by atoms with Crippen LogP contribution in [0, 0.1) is 0 Å². The van der Waals surface area contributed by atoms with E-state index in [4.69, 9.17) is 38.1 Å². The first-order valence-corrected chi connectivity index (χ1v) is 11.4. The molecule has 0 aromatic rings. The smallest absolute Gasteiger partial charge is 0.218 e. The lowest BCUT2D eigenvalue weighted by atomic mass is 10.2. The van der Waals surface area contributed by atoms with Gasteiger partial charge in [-0.3, -0.25) is 20.3 Å². The molecule has 0 aliphatic carbocycles. The highest BCUT2D eigenvalue weighted by molar-refractivity contribution is 5.97. The summed E-state index contributed by atoms with van der Waals surface area (Å²) < 4.78 is 11.0. The lowest BCUT2D eigenvalue weighted by Gasteiger charge is -2.06. The molecule has 0 amide bonds. The molecule has 12 heteroatoms. The standard InChI is InChI=1S/C20H44N10O2/c1-2-13-31-14-7-8-15-32-16-9-12-28-20(25)30-19(24)27-11-6-4-3-5-10-26-18(23)29-17(21)22/h2-16H2,1H3,(H6,21,22,23,26,29)(H5,24,25,27,28,30). The van der Waals surface area contributed by atoms with Gasteiger partial charge in [0.1, 0.15) is 0 Å². The van der Waals surface area contributed by atoms with Crippen LogP contribution in [0.25, 0.3) is 0 Å². The fraction of sp³-hybridized carbons (Fsp3) is 0.800. The van der Waals surface area contributed by atoms with E-state index in [0.717, 1.165) is 71.2 Å². The first kappa shape index (κ1) is 29.4. The van der Waals surface area contributed by atoms with Gasteiger partial charge in [0.15, 0.2) is 17.9 Å². The normalized spacial score (nSPS) is 12.7. The Morgan fingerprint density at radius 1 is 0.625 bits per heavy atom. The van der Waals surface area contributed by atoms with Crippen molar-refractivity contribution in [2.75, 3.05) is 46.1 Å². The van der Waals surface area contributed by atoms with E-state index < -0.39 is 0 Å². The van der Waals surface area contributed by atoms with E-state index in [1.165, 1.54) is 0 Å². The number of nitrogens with zero attached hydrogens (tertiary/aromatic N) is 4. The number of guanidine groups is 4. The predicted molar refractivity (Wildman–Crippen MR) is 133 cm³/mol. The second kappa shape index (κ2) is 21.6. The molecule has 32 heavy (non-hydrogen) atoms. The molecule has 0 rings (SSSR count). The van der Waals surface area contributed by atoms with Crippen LogP contribution in [0.15, 0.2) is 20.0 Å². The van der Waals surface area contributed by atoms with Crippen LogP contribution in [0.1, 0.15) is 58.3 Å². The van der Waals surface area contributed by atoms with Gasteiger partial charge >= 0.3 is 0 Å². The van der Waals surface area contributed by atoms with Gasteiger partial charge in [-0.1, -0.05) is 19.8 Å². The number of aliphatic imine (C=N–C) groups is 4. The predicted octanol–water partition coefficient (Wildman–Crippen LogP) is -0.0326. The second-order valence-corrected chi connectivity index (χ2v) is 7.14. The molecular weight excluding hydrogens is 412 g/mol.